The number of aliphatic imine (C=N–C) groups is 4. The van der Waals surface area contributed by atoms with Gasteiger partial charge in [0, 0.05) is 0 Å². The fraction of sp³-hybridized carbons (Fsp3) is 0.0714. The van der Waals surface area contributed by atoms with Crippen LogP contribution in [0.25, 0.3) is 0 Å². The van der Waals surface area contributed by atoms with Crippen molar-refractivity contribution in [2.75, 3.05) is 0 Å². The minimum atomic E-state index is 0.783. The Kier molecular flexibility index (Phi) is 5.63. The molecule has 5 rings (SSSR count). The summed E-state index contributed by atoms with van der Waals surface area (Å²) in [4.78, 5) is 17.7. The van der Waals surface area contributed by atoms with E-state index in [-0.39, 0.29) is 0 Å². The molecule has 4 aromatic carbocycles. The molecule has 1 aliphatic rings. The lowest BCUT2D eigenvalue weighted by Gasteiger charge is -2.04. The predicted octanol–water partition coefficient (Wildman–Crippen LogP) is 7.46. The molecule has 0 saturated heterocycles. The number of fused-ring (bicyclic) bond motifs is 8. The van der Waals surface area contributed by atoms with Gasteiger partial charge in [0.25, 0.3) is 0 Å². The Bertz CT molecular complexity index is 1200. The van der Waals surface area contributed by atoms with Gasteiger partial charge in [-0.15, -0.1) is 0 Å². The second kappa shape index (κ2) is 9.20. The van der Waals surface area contributed by atoms with Crippen LogP contribution in [0.3, 0.4) is 0 Å². The molecule has 4 aromatic rings. The predicted molar refractivity (Wildman–Crippen MR) is 130 cm³/mol. The summed E-state index contributed by atoms with van der Waals surface area (Å²) in [5, 5.41) is 0. The normalized spacial score (nSPS) is 12.5. The van der Waals surface area contributed by atoms with E-state index in [1.165, 1.54) is 0 Å². The molecule has 0 saturated carbocycles. The van der Waals surface area contributed by atoms with Gasteiger partial charge in [0.15, 0.2) is 0 Å². The van der Waals surface area contributed by atoms with Gasteiger partial charge in [0.2, 0.25) is 0 Å². The fourth-order valence-electron chi connectivity index (χ4n) is 3.70. The molecule has 0 N–H and O–H groups in total. The fourth-order valence-corrected chi connectivity index (χ4v) is 3.70. The second-order valence-corrected chi connectivity index (χ2v) is 7.68. The molecule has 0 radical (unpaired) electrons. The highest BCUT2D eigenvalue weighted by molar-refractivity contribution is 5.60. The molecule has 32 heavy (non-hydrogen) atoms. The van der Waals surface area contributed by atoms with E-state index < -0.39 is 0 Å². The van der Waals surface area contributed by atoms with Crippen LogP contribution < -0.4 is 0 Å². The molecule has 0 atom stereocenters. The zero-order chi connectivity index (χ0) is 21.6. The quantitative estimate of drug-likeness (QED) is 0.253. The van der Waals surface area contributed by atoms with Gasteiger partial charge in [-0.3, -0.25) is 0 Å². The molecule has 0 spiro atoms. The number of rotatable bonds is 0. The molecule has 8 bridgehead atoms. The van der Waals surface area contributed by atoms with Gasteiger partial charge in [0.05, 0.1) is 22.7 Å². The molecule has 4 nitrogen and oxygen atoms in total. The molecule has 0 aliphatic carbocycles. The number of hydrogen-bond acceptors (Lipinski definition) is 4. The Morgan fingerprint density at radius 1 is 0.406 bits per heavy atom. The van der Waals surface area contributed by atoms with E-state index in [0.29, 0.717) is 0 Å². The van der Waals surface area contributed by atoms with Gasteiger partial charge >= 0.3 is 0 Å². The Hall–Kier alpha value is -4.36. The number of nitrogens with zero attached hydrogens (tertiary/aromatic N) is 4. The van der Waals surface area contributed by atoms with Crippen molar-refractivity contribution in [3.63, 3.8) is 0 Å². The van der Waals surface area contributed by atoms with Crippen LogP contribution >= 0.6 is 0 Å². The third-order valence-corrected chi connectivity index (χ3v) is 5.18. The van der Waals surface area contributed by atoms with Crippen molar-refractivity contribution < 1.29 is 0 Å². The molecular formula is C28H20N4. The van der Waals surface area contributed by atoms with E-state index in [1.807, 2.05) is 48.5 Å². The van der Waals surface area contributed by atoms with Crippen molar-refractivity contribution in [1.82, 2.24) is 0 Å². The molecular weight excluding hydrogens is 392 g/mol. The average molecular weight is 412 g/mol. The minimum absolute atomic E-state index is 0.783. The minimum Gasteiger partial charge on any atom is -0.188 e. The molecule has 152 valence electrons. The summed E-state index contributed by atoms with van der Waals surface area (Å²) in [5.74, 6) is 0. The number of hydrogen-bond donors (Lipinski definition) is 0. The van der Waals surface area contributed by atoms with Crippen LogP contribution in [0, 0.1) is 0 Å². The van der Waals surface area contributed by atoms with Gasteiger partial charge < -0.3 is 0 Å². The maximum Gasteiger partial charge on any atom is 0.100 e. The standard InChI is InChI=1S/C28H20N4/c1-5-21-13-22-6-2-10-26(16-22)31-20-32-28-12-4-8-24(18-28)14-23-7-3-11-27(17-23)30-19-29-25(9-1)15-21/h1-12,15-18H,13-14H2. The molecule has 0 fully saturated rings. The topological polar surface area (TPSA) is 49.4 Å². The Morgan fingerprint density at radius 2 is 0.688 bits per heavy atom. The van der Waals surface area contributed by atoms with Crippen molar-refractivity contribution in [1.29, 1.82) is 0 Å². The lowest BCUT2D eigenvalue weighted by molar-refractivity contribution is 1.19. The summed E-state index contributed by atoms with van der Waals surface area (Å²) < 4.78 is 0. The summed E-state index contributed by atoms with van der Waals surface area (Å²) in [7, 11) is 0. The first-order valence-corrected chi connectivity index (χ1v) is 10.5. The zero-order valence-corrected chi connectivity index (χ0v) is 17.4. The first-order chi connectivity index (χ1) is 15.8. The second-order valence-electron chi connectivity index (χ2n) is 7.68. The molecule has 0 aromatic heterocycles. The summed E-state index contributed by atoms with van der Waals surface area (Å²) in [5.41, 5.74) is 7.97. The Balaban J connectivity index is 1.58. The van der Waals surface area contributed by atoms with Crippen LogP contribution in [-0.4, -0.2) is 12.0 Å². The molecule has 4 heteroatoms. The van der Waals surface area contributed by atoms with Crippen molar-refractivity contribution in [2.45, 2.75) is 12.8 Å². The van der Waals surface area contributed by atoms with E-state index in [9.17, 15) is 0 Å². The molecule has 0 unspecified atom stereocenters. The highest BCUT2D eigenvalue weighted by Gasteiger charge is 2.01. The van der Waals surface area contributed by atoms with Gasteiger partial charge in [-0.25, -0.2) is 0 Å². The molecule has 1 aliphatic heterocycles. The van der Waals surface area contributed by atoms with E-state index in [1.54, 1.807) is 0 Å². The van der Waals surface area contributed by atoms with E-state index in [2.05, 4.69) is 80.5 Å². The van der Waals surface area contributed by atoms with Crippen molar-refractivity contribution in [3.05, 3.63) is 119 Å². The highest BCUT2D eigenvalue weighted by atomic mass is 14.8. The summed E-state index contributed by atoms with van der Waals surface area (Å²) in [6, 6.07) is 38.1. The largest absolute Gasteiger partial charge is 0.188 e. The summed E-state index contributed by atoms with van der Waals surface area (Å²) >= 11 is 0. The van der Waals surface area contributed by atoms with Crippen molar-refractivity contribution in [2.24, 2.45) is 20.0 Å². The lowest BCUT2D eigenvalue weighted by Crippen LogP contribution is -1.87. The van der Waals surface area contributed by atoms with Gasteiger partial charge in [0.1, 0.15) is 12.0 Å². The third-order valence-electron chi connectivity index (χ3n) is 5.18. The first-order valence-electron chi connectivity index (χ1n) is 10.5. The van der Waals surface area contributed by atoms with E-state index >= 15 is 0 Å². The molecule has 0 amide bonds. The van der Waals surface area contributed by atoms with Crippen LogP contribution in [0.2, 0.25) is 0 Å². The van der Waals surface area contributed by atoms with Crippen LogP contribution in [-0.2, 0) is 12.8 Å². The van der Waals surface area contributed by atoms with Crippen LogP contribution in [0.5, 0.6) is 0 Å². The van der Waals surface area contributed by atoms with Crippen molar-refractivity contribution >= 4 is 34.8 Å². The third kappa shape index (κ3) is 5.03. The monoisotopic (exact) mass is 412 g/mol. The Labute approximate surface area is 187 Å². The lowest BCUT2D eigenvalue weighted by atomic mass is 10.0. The van der Waals surface area contributed by atoms with Crippen molar-refractivity contribution in [3.8, 4) is 0 Å². The maximum atomic E-state index is 4.41. The SMILES string of the molecule is C1=Nc2cccc(c2)Cc2cccc(c2)N=C=Nc2cccc(c2)Cc2cccc(c2)N=1. The first kappa shape index (κ1) is 19.6. The maximum absolute atomic E-state index is 4.41. The van der Waals surface area contributed by atoms with Gasteiger partial charge in [-0.1, -0.05) is 48.5 Å². The molecule has 1 heterocycles. The highest BCUT2D eigenvalue weighted by Crippen LogP contribution is 2.22. The summed E-state index contributed by atoms with van der Waals surface area (Å²) in [6.45, 7) is 0. The van der Waals surface area contributed by atoms with Crippen LogP contribution in [0.15, 0.2) is 117 Å². The Morgan fingerprint density at radius 3 is 0.969 bits per heavy atom. The zero-order valence-electron chi connectivity index (χ0n) is 17.4. The van der Waals surface area contributed by atoms with E-state index in [4.69, 9.17) is 0 Å². The van der Waals surface area contributed by atoms with Gasteiger partial charge in [-0.2, -0.15) is 20.0 Å². The van der Waals surface area contributed by atoms with Crippen LogP contribution in [0.1, 0.15) is 22.3 Å². The average Bonchev–Trinajstić information content (AvgIpc) is 2.80. The number of benzene rings is 4. The smallest absolute Gasteiger partial charge is 0.100 e. The van der Waals surface area contributed by atoms with E-state index in [0.717, 1.165) is 57.8 Å². The van der Waals surface area contributed by atoms with Crippen LogP contribution in [0.4, 0.5) is 22.7 Å². The van der Waals surface area contributed by atoms with Gasteiger partial charge in [-0.05, 0) is 83.6 Å². The summed E-state index contributed by atoms with van der Waals surface area (Å²) in [6.07, 6.45) is 1.57.